The standard InChI is InChI=1S/C20H34N4.HI/c1-17(2)9-7-8-14-22-20(21-3)23-18-12-15-24(16-13-18)19-10-5-4-6-11-19;/h4-6,10-11,17-18H,7-9,12-16H2,1-3H3,(H2,21,22,23);1H. The summed E-state index contributed by atoms with van der Waals surface area (Å²) in [4.78, 5) is 6.85. The number of rotatable bonds is 7. The Kier molecular flexibility index (Phi) is 10.9. The number of piperidine rings is 1. The van der Waals surface area contributed by atoms with Crippen LogP contribution in [0.5, 0.6) is 0 Å². The number of benzene rings is 1. The highest BCUT2D eigenvalue weighted by atomic mass is 127. The summed E-state index contributed by atoms with van der Waals surface area (Å²) in [6.07, 6.45) is 6.12. The lowest BCUT2D eigenvalue weighted by Crippen LogP contribution is -2.48. The topological polar surface area (TPSA) is 39.7 Å². The van der Waals surface area contributed by atoms with Crippen LogP contribution >= 0.6 is 24.0 Å². The predicted octanol–water partition coefficient (Wildman–Crippen LogP) is 4.26. The first kappa shape index (κ1) is 22.1. The van der Waals surface area contributed by atoms with Gasteiger partial charge in [0.15, 0.2) is 5.96 Å². The molecular formula is C20H35IN4. The second-order valence-corrected chi connectivity index (χ2v) is 7.13. The Morgan fingerprint density at radius 3 is 2.44 bits per heavy atom. The van der Waals surface area contributed by atoms with Crippen molar-refractivity contribution in [3.05, 3.63) is 30.3 Å². The third-order valence-corrected chi connectivity index (χ3v) is 4.68. The summed E-state index contributed by atoms with van der Waals surface area (Å²) in [5.74, 6) is 1.76. The Morgan fingerprint density at radius 2 is 1.84 bits per heavy atom. The average Bonchev–Trinajstić information content (AvgIpc) is 2.61. The molecule has 5 heteroatoms. The van der Waals surface area contributed by atoms with Crippen molar-refractivity contribution in [3.8, 4) is 0 Å². The van der Waals surface area contributed by atoms with Gasteiger partial charge in [-0.1, -0.05) is 44.9 Å². The number of para-hydroxylation sites is 1. The van der Waals surface area contributed by atoms with Crippen LogP contribution in [0.25, 0.3) is 0 Å². The first-order valence-corrected chi connectivity index (χ1v) is 9.46. The molecule has 0 saturated carbocycles. The van der Waals surface area contributed by atoms with Gasteiger partial charge in [0.25, 0.3) is 0 Å². The summed E-state index contributed by atoms with van der Waals surface area (Å²) in [5, 5.41) is 7.05. The highest BCUT2D eigenvalue weighted by Crippen LogP contribution is 2.19. The third kappa shape index (κ3) is 8.29. The molecule has 1 saturated heterocycles. The molecule has 142 valence electrons. The van der Waals surface area contributed by atoms with Crippen LogP contribution in [0.4, 0.5) is 5.69 Å². The lowest BCUT2D eigenvalue weighted by Gasteiger charge is -2.34. The number of nitrogens with one attached hydrogen (secondary N) is 2. The number of hydrogen-bond donors (Lipinski definition) is 2. The Morgan fingerprint density at radius 1 is 1.16 bits per heavy atom. The Balaban J connectivity index is 0.00000312. The van der Waals surface area contributed by atoms with Crippen LogP contribution in [0.1, 0.15) is 46.0 Å². The van der Waals surface area contributed by atoms with E-state index in [4.69, 9.17) is 0 Å². The molecule has 0 aliphatic carbocycles. The zero-order chi connectivity index (χ0) is 17.2. The fourth-order valence-electron chi connectivity index (χ4n) is 3.19. The van der Waals surface area contributed by atoms with Crippen molar-refractivity contribution < 1.29 is 0 Å². The van der Waals surface area contributed by atoms with Crippen molar-refractivity contribution in [1.82, 2.24) is 10.6 Å². The number of unbranched alkanes of at least 4 members (excludes halogenated alkanes) is 1. The minimum absolute atomic E-state index is 0. The Bertz CT molecular complexity index is 482. The molecular weight excluding hydrogens is 423 g/mol. The Hall–Kier alpha value is -0.980. The molecule has 1 fully saturated rings. The van der Waals surface area contributed by atoms with Crippen LogP contribution in [0.2, 0.25) is 0 Å². The number of nitrogens with zero attached hydrogens (tertiary/aromatic N) is 2. The van der Waals surface area contributed by atoms with Gasteiger partial charge in [0.2, 0.25) is 0 Å². The maximum Gasteiger partial charge on any atom is 0.191 e. The minimum Gasteiger partial charge on any atom is -0.371 e. The fourth-order valence-corrected chi connectivity index (χ4v) is 3.19. The maximum absolute atomic E-state index is 4.37. The number of halogens is 1. The smallest absolute Gasteiger partial charge is 0.191 e. The lowest BCUT2D eigenvalue weighted by molar-refractivity contribution is 0.460. The van der Waals surface area contributed by atoms with Crippen molar-refractivity contribution in [2.75, 3.05) is 31.6 Å². The van der Waals surface area contributed by atoms with Crippen LogP contribution in [0, 0.1) is 5.92 Å². The van der Waals surface area contributed by atoms with Crippen LogP contribution < -0.4 is 15.5 Å². The van der Waals surface area contributed by atoms with E-state index in [1.165, 1.54) is 24.9 Å². The molecule has 1 aliphatic heterocycles. The predicted molar refractivity (Wildman–Crippen MR) is 120 cm³/mol. The first-order chi connectivity index (χ1) is 11.7. The monoisotopic (exact) mass is 458 g/mol. The Labute approximate surface area is 170 Å². The van der Waals surface area contributed by atoms with Crippen molar-refractivity contribution in [2.24, 2.45) is 10.9 Å². The number of aliphatic imine (C=N–C) groups is 1. The van der Waals surface area contributed by atoms with Crippen LogP contribution in [-0.2, 0) is 0 Å². The lowest BCUT2D eigenvalue weighted by atomic mass is 10.0. The normalized spacial score (nSPS) is 15.8. The maximum atomic E-state index is 4.37. The van der Waals surface area contributed by atoms with E-state index in [0.29, 0.717) is 6.04 Å². The second kappa shape index (κ2) is 12.4. The number of anilines is 1. The zero-order valence-corrected chi connectivity index (χ0v) is 18.3. The van der Waals surface area contributed by atoms with Crippen molar-refractivity contribution >= 4 is 35.6 Å². The molecule has 1 heterocycles. The van der Waals surface area contributed by atoms with Crippen molar-refractivity contribution in [3.63, 3.8) is 0 Å². The molecule has 0 amide bonds. The van der Waals surface area contributed by atoms with Gasteiger partial charge in [-0.15, -0.1) is 24.0 Å². The van der Waals surface area contributed by atoms with Gasteiger partial charge in [0.05, 0.1) is 0 Å². The number of guanidine groups is 1. The number of hydrogen-bond acceptors (Lipinski definition) is 2. The van der Waals surface area contributed by atoms with Gasteiger partial charge in [-0.3, -0.25) is 4.99 Å². The van der Waals surface area contributed by atoms with Crippen molar-refractivity contribution in [2.45, 2.75) is 52.0 Å². The van der Waals surface area contributed by atoms with Gasteiger partial charge >= 0.3 is 0 Å². The zero-order valence-electron chi connectivity index (χ0n) is 16.0. The third-order valence-electron chi connectivity index (χ3n) is 4.68. The van der Waals surface area contributed by atoms with E-state index in [0.717, 1.165) is 44.4 Å². The molecule has 4 nitrogen and oxygen atoms in total. The average molecular weight is 458 g/mol. The molecule has 1 aromatic carbocycles. The van der Waals surface area contributed by atoms with Gasteiger partial charge in [-0.2, -0.15) is 0 Å². The highest BCUT2D eigenvalue weighted by Gasteiger charge is 2.19. The molecule has 0 bridgehead atoms. The van der Waals surface area contributed by atoms with Crippen LogP contribution in [0.15, 0.2) is 35.3 Å². The first-order valence-electron chi connectivity index (χ1n) is 9.46. The summed E-state index contributed by atoms with van der Waals surface area (Å²) in [7, 11) is 1.86. The van der Waals surface area contributed by atoms with Crippen LogP contribution in [0.3, 0.4) is 0 Å². The quantitative estimate of drug-likeness (QED) is 0.278. The summed E-state index contributed by atoms with van der Waals surface area (Å²) in [6.45, 7) is 7.79. The molecule has 0 unspecified atom stereocenters. The molecule has 0 spiro atoms. The molecule has 2 rings (SSSR count). The molecule has 0 aromatic heterocycles. The summed E-state index contributed by atoms with van der Waals surface area (Å²) in [5.41, 5.74) is 1.34. The largest absolute Gasteiger partial charge is 0.371 e. The summed E-state index contributed by atoms with van der Waals surface area (Å²) >= 11 is 0. The van der Waals surface area contributed by atoms with Gasteiger partial charge in [-0.25, -0.2) is 0 Å². The molecule has 1 aliphatic rings. The fraction of sp³-hybridized carbons (Fsp3) is 0.650. The highest BCUT2D eigenvalue weighted by molar-refractivity contribution is 14.0. The molecule has 0 atom stereocenters. The molecule has 0 radical (unpaired) electrons. The van der Waals surface area contributed by atoms with Crippen LogP contribution in [-0.4, -0.2) is 38.7 Å². The van der Waals surface area contributed by atoms with E-state index in [9.17, 15) is 0 Å². The van der Waals surface area contributed by atoms with E-state index < -0.39 is 0 Å². The SMILES string of the molecule is CN=C(NCCCCC(C)C)NC1CCN(c2ccccc2)CC1.I. The summed E-state index contributed by atoms with van der Waals surface area (Å²) in [6, 6.07) is 11.2. The molecule has 1 aromatic rings. The van der Waals surface area contributed by atoms with E-state index >= 15 is 0 Å². The van der Waals surface area contributed by atoms with E-state index in [-0.39, 0.29) is 24.0 Å². The second-order valence-electron chi connectivity index (χ2n) is 7.13. The van der Waals surface area contributed by atoms with E-state index in [2.05, 4.69) is 64.7 Å². The van der Waals surface area contributed by atoms with Crippen molar-refractivity contribution in [1.29, 1.82) is 0 Å². The molecule has 2 N–H and O–H groups in total. The summed E-state index contributed by atoms with van der Waals surface area (Å²) < 4.78 is 0. The van der Waals surface area contributed by atoms with E-state index in [1.807, 2.05) is 7.05 Å². The van der Waals surface area contributed by atoms with Gasteiger partial charge in [0, 0.05) is 38.4 Å². The van der Waals surface area contributed by atoms with Gasteiger partial charge in [0.1, 0.15) is 0 Å². The van der Waals surface area contributed by atoms with Gasteiger partial charge < -0.3 is 15.5 Å². The minimum atomic E-state index is 0. The van der Waals surface area contributed by atoms with Gasteiger partial charge in [-0.05, 0) is 37.3 Å². The molecule has 25 heavy (non-hydrogen) atoms. The van der Waals surface area contributed by atoms with E-state index in [1.54, 1.807) is 0 Å².